The minimum absolute atomic E-state index is 0.198. The van der Waals surface area contributed by atoms with Crippen LogP contribution in [-0.4, -0.2) is 20.9 Å². The van der Waals surface area contributed by atoms with Crippen LogP contribution in [0.25, 0.3) is 21.5 Å². The number of fused-ring (bicyclic) bond motifs is 1. The van der Waals surface area contributed by atoms with Crippen molar-refractivity contribution in [1.82, 2.24) is 15.0 Å². The normalized spacial score (nSPS) is 10.7. The Morgan fingerprint density at radius 2 is 1.71 bits per heavy atom. The van der Waals surface area contributed by atoms with Crippen molar-refractivity contribution in [3.8, 4) is 22.3 Å². The van der Waals surface area contributed by atoms with Crippen molar-refractivity contribution in [2.45, 2.75) is 0 Å². The van der Waals surface area contributed by atoms with Gasteiger partial charge in [0.05, 0.1) is 21.7 Å². The molecule has 150 valence electrons. The molecule has 7 heteroatoms. The standard InChI is InChI=1S/C24H16N4O2S/c29-23(27-16-8-10-17(11-9-16)30-24-25-12-4-13-26-24)19-15-21(22-7-3-14-31-22)28-20-6-2-1-5-18(19)20/h1-15H,(H,27,29). The van der Waals surface area contributed by atoms with Gasteiger partial charge in [-0.05, 0) is 53.9 Å². The van der Waals surface area contributed by atoms with Crippen LogP contribution >= 0.6 is 11.3 Å². The van der Waals surface area contributed by atoms with Gasteiger partial charge in [0.15, 0.2) is 0 Å². The van der Waals surface area contributed by atoms with E-state index in [4.69, 9.17) is 9.72 Å². The van der Waals surface area contributed by atoms with Gasteiger partial charge in [-0.2, -0.15) is 0 Å². The number of hydrogen-bond acceptors (Lipinski definition) is 6. The average molecular weight is 424 g/mol. The Morgan fingerprint density at radius 3 is 2.48 bits per heavy atom. The highest BCUT2D eigenvalue weighted by molar-refractivity contribution is 7.13. The van der Waals surface area contributed by atoms with Crippen molar-refractivity contribution in [3.05, 3.63) is 96.1 Å². The Hall–Kier alpha value is -4.10. The lowest BCUT2D eigenvalue weighted by Crippen LogP contribution is -2.13. The largest absolute Gasteiger partial charge is 0.424 e. The number of thiophene rings is 1. The van der Waals surface area contributed by atoms with E-state index in [2.05, 4.69) is 15.3 Å². The van der Waals surface area contributed by atoms with Crippen LogP contribution < -0.4 is 10.1 Å². The molecule has 1 amide bonds. The molecular weight excluding hydrogens is 408 g/mol. The highest BCUT2D eigenvalue weighted by Crippen LogP contribution is 2.28. The quantitative estimate of drug-likeness (QED) is 0.386. The molecule has 1 N–H and O–H groups in total. The number of amides is 1. The number of nitrogens with one attached hydrogen (secondary N) is 1. The van der Waals surface area contributed by atoms with Crippen molar-refractivity contribution in [3.63, 3.8) is 0 Å². The summed E-state index contributed by atoms with van der Waals surface area (Å²) in [5.41, 5.74) is 2.80. The zero-order valence-corrected chi connectivity index (χ0v) is 17.0. The minimum Gasteiger partial charge on any atom is -0.424 e. The molecule has 0 fully saturated rings. The third-order valence-electron chi connectivity index (χ3n) is 4.60. The van der Waals surface area contributed by atoms with Crippen LogP contribution in [0.1, 0.15) is 10.4 Å². The van der Waals surface area contributed by atoms with Crippen molar-refractivity contribution in [2.75, 3.05) is 5.32 Å². The lowest BCUT2D eigenvalue weighted by atomic mass is 10.1. The Balaban J connectivity index is 1.41. The molecule has 0 saturated heterocycles. The second kappa shape index (κ2) is 8.33. The molecule has 0 unspecified atom stereocenters. The third-order valence-corrected chi connectivity index (χ3v) is 5.49. The first-order valence-electron chi connectivity index (χ1n) is 9.56. The molecule has 5 rings (SSSR count). The number of nitrogens with zero attached hydrogens (tertiary/aromatic N) is 3. The number of rotatable bonds is 5. The molecule has 0 atom stereocenters. The monoisotopic (exact) mass is 424 g/mol. The highest BCUT2D eigenvalue weighted by atomic mass is 32.1. The molecule has 31 heavy (non-hydrogen) atoms. The van der Waals surface area contributed by atoms with Crippen LogP contribution in [0.2, 0.25) is 0 Å². The van der Waals surface area contributed by atoms with E-state index in [0.717, 1.165) is 21.5 Å². The maximum atomic E-state index is 13.1. The van der Waals surface area contributed by atoms with Crippen LogP contribution in [0.3, 0.4) is 0 Å². The van der Waals surface area contributed by atoms with Crippen LogP contribution in [0.5, 0.6) is 11.8 Å². The zero-order valence-electron chi connectivity index (χ0n) is 16.2. The summed E-state index contributed by atoms with van der Waals surface area (Å²) in [6.07, 6.45) is 3.22. The van der Waals surface area contributed by atoms with Gasteiger partial charge in [0.25, 0.3) is 5.91 Å². The molecule has 0 aliphatic heterocycles. The number of carbonyl (C=O) groups excluding carboxylic acids is 1. The molecule has 0 aliphatic carbocycles. The summed E-state index contributed by atoms with van der Waals surface area (Å²) < 4.78 is 5.60. The molecule has 0 radical (unpaired) electrons. The SMILES string of the molecule is O=C(Nc1ccc(Oc2ncccn2)cc1)c1cc(-c2cccs2)nc2ccccc12. The fraction of sp³-hybridized carbons (Fsp3) is 0. The molecule has 6 nitrogen and oxygen atoms in total. The fourth-order valence-electron chi connectivity index (χ4n) is 3.16. The number of ether oxygens (including phenoxy) is 1. The van der Waals surface area contributed by atoms with E-state index in [1.54, 1.807) is 54.1 Å². The highest BCUT2D eigenvalue weighted by Gasteiger charge is 2.15. The van der Waals surface area contributed by atoms with Crippen molar-refractivity contribution in [2.24, 2.45) is 0 Å². The minimum atomic E-state index is -0.198. The van der Waals surface area contributed by atoms with Gasteiger partial charge in [-0.25, -0.2) is 15.0 Å². The fourth-order valence-corrected chi connectivity index (χ4v) is 3.85. The van der Waals surface area contributed by atoms with E-state index in [0.29, 0.717) is 17.0 Å². The van der Waals surface area contributed by atoms with Gasteiger partial charge in [0.2, 0.25) is 0 Å². The predicted octanol–water partition coefficient (Wildman–Crippen LogP) is 5.80. The Bertz CT molecular complexity index is 1340. The predicted molar refractivity (Wildman–Crippen MR) is 122 cm³/mol. The third kappa shape index (κ3) is 4.12. The topological polar surface area (TPSA) is 77.0 Å². The second-order valence-electron chi connectivity index (χ2n) is 6.66. The van der Waals surface area contributed by atoms with E-state index >= 15 is 0 Å². The molecule has 5 aromatic rings. The van der Waals surface area contributed by atoms with Gasteiger partial charge >= 0.3 is 6.01 Å². The Labute approximate surface area is 182 Å². The first-order chi connectivity index (χ1) is 15.3. The van der Waals surface area contributed by atoms with Crippen molar-refractivity contribution >= 4 is 33.8 Å². The summed E-state index contributed by atoms with van der Waals surface area (Å²) >= 11 is 1.59. The lowest BCUT2D eigenvalue weighted by Gasteiger charge is -2.10. The van der Waals surface area contributed by atoms with Crippen molar-refractivity contribution < 1.29 is 9.53 Å². The van der Waals surface area contributed by atoms with Gasteiger partial charge in [0.1, 0.15) is 5.75 Å². The van der Waals surface area contributed by atoms with Crippen LogP contribution in [-0.2, 0) is 0 Å². The first-order valence-corrected chi connectivity index (χ1v) is 10.4. The van der Waals surface area contributed by atoms with Gasteiger partial charge in [0, 0.05) is 23.5 Å². The van der Waals surface area contributed by atoms with E-state index < -0.39 is 0 Å². The van der Waals surface area contributed by atoms with Crippen LogP contribution in [0.15, 0.2) is 90.6 Å². The summed E-state index contributed by atoms with van der Waals surface area (Å²) in [4.78, 5) is 26.9. The van der Waals surface area contributed by atoms with Gasteiger partial charge < -0.3 is 10.1 Å². The van der Waals surface area contributed by atoms with Crippen molar-refractivity contribution in [1.29, 1.82) is 0 Å². The van der Waals surface area contributed by atoms with E-state index in [9.17, 15) is 4.79 Å². The van der Waals surface area contributed by atoms with E-state index in [1.165, 1.54) is 0 Å². The summed E-state index contributed by atoms with van der Waals surface area (Å²) in [5, 5.41) is 5.77. The number of benzene rings is 2. The molecule has 3 heterocycles. The van der Waals surface area contributed by atoms with Gasteiger partial charge in [-0.15, -0.1) is 11.3 Å². The zero-order chi connectivity index (χ0) is 21.0. The number of para-hydroxylation sites is 1. The average Bonchev–Trinajstić information content (AvgIpc) is 3.35. The smallest absolute Gasteiger partial charge is 0.321 e. The van der Waals surface area contributed by atoms with E-state index in [1.807, 2.05) is 47.8 Å². The molecule has 3 aromatic heterocycles. The van der Waals surface area contributed by atoms with Gasteiger partial charge in [-0.3, -0.25) is 4.79 Å². The second-order valence-corrected chi connectivity index (χ2v) is 7.61. The van der Waals surface area contributed by atoms with Gasteiger partial charge in [-0.1, -0.05) is 24.3 Å². The lowest BCUT2D eigenvalue weighted by molar-refractivity contribution is 0.102. The Morgan fingerprint density at radius 1 is 0.903 bits per heavy atom. The molecule has 0 aliphatic rings. The summed E-state index contributed by atoms with van der Waals surface area (Å²) in [6.45, 7) is 0. The maximum absolute atomic E-state index is 13.1. The summed E-state index contributed by atoms with van der Waals surface area (Å²) in [6, 6.07) is 22.5. The maximum Gasteiger partial charge on any atom is 0.321 e. The number of hydrogen-bond donors (Lipinski definition) is 1. The first kappa shape index (κ1) is 18.9. The summed E-state index contributed by atoms with van der Waals surface area (Å²) in [7, 11) is 0. The number of carbonyl (C=O) groups is 1. The van der Waals surface area contributed by atoms with Crippen LogP contribution in [0, 0.1) is 0 Å². The van der Waals surface area contributed by atoms with Crippen LogP contribution in [0.4, 0.5) is 5.69 Å². The molecular formula is C24H16N4O2S. The molecule has 0 saturated carbocycles. The Kier molecular flexibility index (Phi) is 5.08. The summed E-state index contributed by atoms with van der Waals surface area (Å²) in [5.74, 6) is 0.384. The molecule has 0 bridgehead atoms. The number of anilines is 1. The van der Waals surface area contributed by atoms with E-state index in [-0.39, 0.29) is 11.9 Å². The molecule has 2 aromatic carbocycles. The number of aromatic nitrogens is 3. The number of pyridine rings is 1. The molecule has 0 spiro atoms.